The third kappa shape index (κ3) is 3.30. The molecule has 1 aliphatic rings. The van der Waals surface area contributed by atoms with Crippen molar-refractivity contribution in [2.45, 2.75) is 24.9 Å². The normalized spacial score (nSPS) is 26.6. The first kappa shape index (κ1) is 14.0. The van der Waals surface area contributed by atoms with E-state index in [0.29, 0.717) is 0 Å². The number of nitrogens with one attached hydrogen (secondary N) is 1. The molecule has 0 aliphatic carbocycles. The molecule has 0 radical (unpaired) electrons. The molecule has 10 heteroatoms. The molecule has 9 nitrogen and oxygen atoms in total. The van der Waals surface area contributed by atoms with Gasteiger partial charge in [0, 0.05) is 18.7 Å². The molecular weight excluding hydrogens is 259 g/mol. The first-order chi connectivity index (χ1) is 8.97. The molecule has 0 saturated carbocycles. The fourth-order valence-electron chi connectivity index (χ4n) is 1.87. The summed E-state index contributed by atoms with van der Waals surface area (Å²) in [6.07, 6.45) is -1.05. The van der Waals surface area contributed by atoms with Crippen LogP contribution in [0.25, 0.3) is 0 Å². The molecule has 0 amide bonds. The zero-order valence-electron chi connectivity index (χ0n) is 9.80. The lowest BCUT2D eigenvalue weighted by Crippen LogP contribution is -2.32. The zero-order valence-corrected chi connectivity index (χ0v) is 9.80. The van der Waals surface area contributed by atoms with E-state index in [1.54, 1.807) is 0 Å². The van der Waals surface area contributed by atoms with Gasteiger partial charge in [-0.25, -0.2) is 4.79 Å². The van der Waals surface area contributed by atoms with Crippen LogP contribution in [0.4, 0.5) is 0 Å². The molecule has 104 valence electrons. The quantitative estimate of drug-likeness (QED) is 0.434. The number of aliphatic hydroxyl groups excluding tert-OH is 1. The van der Waals surface area contributed by atoms with Gasteiger partial charge in [-0.05, 0) is 0 Å². The Bertz CT molecular complexity index is 542. The van der Waals surface area contributed by atoms with Crippen LogP contribution >= 0.6 is 0 Å². The number of nitrogens with zero attached hydrogens (tertiary/aromatic N) is 1. The average molecular weight is 272 g/mol. The fraction of sp³-hybridized carbons (Fsp3) is 0.556. The summed E-state index contributed by atoms with van der Waals surface area (Å²) in [6.45, 7) is -0.229. The van der Waals surface area contributed by atoms with Crippen molar-refractivity contribution in [2.24, 2.45) is 0 Å². The van der Waals surface area contributed by atoms with Crippen molar-refractivity contribution in [2.75, 3.05) is 6.61 Å². The first-order valence-electron chi connectivity index (χ1n) is 5.60. The summed E-state index contributed by atoms with van der Waals surface area (Å²) < 4.78 is 11.0. The van der Waals surface area contributed by atoms with Crippen molar-refractivity contribution in [3.8, 4) is 0 Å². The largest absolute Gasteiger partial charge is 0.633 e. The smallest absolute Gasteiger partial charge is 0.402 e. The number of hydrogen-bond acceptors (Lipinski definition) is 7. The van der Waals surface area contributed by atoms with Crippen molar-refractivity contribution >= 4 is 7.32 Å². The van der Waals surface area contributed by atoms with Gasteiger partial charge in [0.25, 0.3) is 5.56 Å². The lowest BCUT2D eigenvalue weighted by atomic mass is 10.2. The number of aromatic amines is 1. The van der Waals surface area contributed by atoms with Gasteiger partial charge in [0.05, 0.1) is 12.7 Å². The molecule has 0 aromatic carbocycles. The standard InChI is InChI=1S/C9H13BN2O7/c13-5-3-8(19-6(5)4-18-10(16)17)12-2-1-7(14)11-9(12)15/h1-2,5-6,8,13,16-17H,3-4H2,(H,11,14,15)/t5-,6+,8+/m0/s1. The van der Waals surface area contributed by atoms with Gasteiger partial charge in [-0.2, -0.15) is 0 Å². The van der Waals surface area contributed by atoms with Crippen LogP contribution in [0.2, 0.25) is 0 Å². The maximum Gasteiger partial charge on any atom is 0.633 e. The second-order valence-electron chi connectivity index (χ2n) is 4.11. The predicted molar refractivity (Wildman–Crippen MR) is 62.0 cm³/mol. The van der Waals surface area contributed by atoms with Gasteiger partial charge in [0.2, 0.25) is 0 Å². The number of rotatable bonds is 4. The lowest BCUT2D eigenvalue weighted by molar-refractivity contribution is -0.0478. The first-order valence-corrected chi connectivity index (χ1v) is 5.60. The third-order valence-electron chi connectivity index (χ3n) is 2.78. The topological polar surface area (TPSA) is 134 Å². The van der Waals surface area contributed by atoms with E-state index in [2.05, 4.69) is 9.64 Å². The Labute approximate surface area is 107 Å². The van der Waals surface area contributed by atoms with Crippen LogP contribution in [0, 0.1) is 0 Å². The Kier molecular flexibility index (Phi) is 4.17. The van der Waals surface area contributed by atoms with Crippen LogP contribution in [-0.2, 0) is 9.39 Å². The summed E-state index contributed by atoms with van der Waals surface area (Å²) in [5.41, 5.74) is -1.17. The van der Waals surface area contributed by atoms with Crippen LogP contribution in [0.1, 0.15) is 12.6 Å². The van der Waals surface area contributed by atoms with Gasteiger partial charge < -0.3 is 24.5 Å². The molecule has 0 bridgehead atoms. The molecule has 2 heterocycles. The second kappa shape index (κ2) is 5.67. The number of H-pyrrole nitrogens is 1. The minimum Gasteiger partial charge on any atom is -0.402 e. The number of ether oxygens (including phenoxy) is 1. The highest BCUT2D eigenvalue weighted by molar-refractivity contribution is 6.32. The number of aliphatic hydroxyl groups is 1. The Morgan fingerprint density at radius 1 is 1.53 bits per heavy atom. The Morgan fingerprint density at radius 2 is 2.26 bits per heavy atom. The summed E-state index contributed by atoms with van der Waals surface area (Å²) in [4.78, 5) is 24.5. The number of hydrogen-bond donors (Lipinski definition) is 4. The molecule has 0 unspecified atom stereocenters. The lowest BCUT2D eigenvalue weighted by Gasteiger charge is -2.15. The summed E-state index contributed by atoms with van der Waals surface area (Å²) in [7, 11) is -1.95. The molecule has 3 atom stereocenters. The van der Waals surface area contributed by atoms with E-state index < -0.39 is 37.0 Å². The summed E-state index contributed by atoms with van der Waals surface area (Å²) >= 11 is 0. The molecule has 0 spiro atoms. The fourth-order valence-corrected chi connectivity index (χ4v) is 1.87. The van der Waals surface area contributed by atoms with Crippen molar-refractivity contribution in [1.82, 2.24) is 9.55 Å². The average Bonchev–Trinajstić information content (AvgIpc) is 2.67. The maximum atomic E-state index is 11.5. The maximum absolute atomic E-state index is 11.5. The molecule has 1 aliphatic heterocycles. The van der Waals surface area contributed by atoms with Crippen molar-refractivity contribution < 1.29 is 24.5 Å². The third-order valence-corrected chi connectivity index (χ3v) is 2.78. The molecule has 19 heavy (non-hydrogen) atoms. The summed E-state index contributed by atoms with van der Waals surface area (Å²) in [5.74, 6) is 0. The minimum atomic E-state index is -1.95. The SMILES string of the molecule is O=c1ccn([C@H]2C[C@H](O)[C@@H](COB(O)O)O2)c(=O)[nH]1. The van der Waals surface area contributed by atoms with E-state index in [-0.39, 0.29) is 13.0 Å². The van der Waals surface area contributed by atoms with E-state index in [0.717, 1.165) is 4.57 Å². The monoisotopic (exact) mass is 272 g/mol. The van der Waals surface area contributed by atoms with Crippen molar-refractivity contribution in [1.29, 1.82) is 0 Å². The van der Waals surface area contributed by atoms with Crippen molar-refractivity contribution in [3.63, 3.8) is 0 Å². The molecular formula is C9H13BN2O7. The highest BCUT2D eigenvalue weighted by Crippen LogP contribution is 2.27. The van der Waals surface area contributed by atoms with Gasteiger partial charge in [-0.3, -0.25) is 14.3 Å². The van der Waals surface area contributed by atoms with Crippen LogP contribution in [-0.4, -0.2) is 50.8 Å². The molecule has 2 rings (SSSR count). The predicted octanol–water partition coefficient (Wildman–Crippen LogP) is -2.83. The molecule has 4 N–H and O–H groups in total. The van der Waals surface area contributed by atoms with Gasteiger partial charge >= 0.3 is 13.0 Å². The Hall–Kier alpha value is -1.46. The molecule has 1 saturated heterocycles. The summed E-state index contributed by atoms with van der Waals surface area (Å²) in [5, 5.41) is 26.8. The van der Waals surface area contributed by atoms with Gasteiger partial charge in [-0.1, -0.05) is 0 Å². The van der Waals surface area contributed by atoms with Crippen LogP contribution in [0.5, 0.6) is 0 Å². The second-order valence-corrected chi connectivity index (χ2v) is 4.11. The van der Waals surface area contributed by atoms with Gasteiger partial charge in [0.15, 0.2) is 0 Å². The van der Waals surface area contributed by atoms with E-state index in [1.807, 2.05) is 0 Å². The highest BCUT2D eigenvalue weighted by atomic mass is 16.6. The van der Waals surface area contributed by atoms with Crippen LogP contribution in [0.3, 0.4) is 0 Å². The van der Waals surface area contributed by atoms with Crippen LogP contribution < -0.4 is 11.2 Å². The van der Waals surface area contributed by atoms with Gasteiger partial charge in [0.1, 0.15) is 12.3 Å². The van der Waals surface area contributed by atoms with E-state index >= 15 is 0 Å². The molecule has 1 fully saturated rings. The Balaban J connectivity index is 2.07. The van der Waals surface area contributed by atoms with E-state index in [1.165, 1.54) is 12.3 Å². The molecule has 1 aromatic rings. The highest BCUT2D eigenvalue weighted by Gasteiger charge is 2.36. The zero-order chi connectivity index (χ0) is 14.0. The molecule has 1 aromatic heterocycles. The van der Waals surface area contributed by atoms with E-state index in [9.17, 15) is 14.7 Å². The Morgan fingerprint density at radius 3 is 2.89 bits per heavy atom. The van der Waals surface area contributed by atoms with Crippen LogP contribution in [0.15, 0.2) is 21.9 Å². The van der Waals surface area contributed by atoms with Gasteiger partial charge in [-0.15, -0.1) is 0 Å². The van der Waals surface area contributed by atoms with Crippen molar-refractivity contribution in [3.05, 3.63) is 33.1 Å². The van der Waals surface area contributed by atoms with E-state index in [4.69, 9.17) is 14.8 Å². The number of aromatic nitrogens is 2. The summed E-state index contributed by atoms with van der Waals surface area (Å²) in [6, 6.07) is 1.17. The minimum absolute atomic E-state index is 0.126.